The maximum absolute atomic E-state index is 12.8. The topological polar surface area (TPSA) is 84.3 Å². The van der Waals surface area contributed by atoms with Gasteiger partial charge in [-0.05, 0) is 55.3 Å². The number of nitrogens with zero attached hydrogens (tertiary/aromatic N) is 3. The molecule has 2 aromatic carbocycles. The van der Waals surface area contributed by atoms with Crippen LogP contribution in [-0.2, 0) is 10.0 Å². The van der Waals surface area contributed by atoms with Crippen molar-refractivity contribution in [2.75, 3.05) is 13.1 Å². The fourth-order valence-electron chi connectivity index (χ4n) is 3.45. The van der Waals surface area contributed by atoms with Gasteiger partial charge in [0.25, 0.3) is 5.91 Å². The van der Waals surface area contributed by atoms with Crippen molar-refractivity contribution in [1.29, 1.82) is 0 Å². The van der Waals surface area contributed by atoms with Crippen molar-refractivity contribution >= 4 is 15.9 Å². The SMILES string of the molecule is O=C(c1ccc(-n2cccn2)cc1)N1CCC(NS(=O)(=O)c2ccccc2)CC1. The summed E-state index contributed by atoms with van der Waals surface area (Å²) in [5.41, 5.74) is 1.50. The van der Waals surface area contributed by atoms with Gasteiger partial charge in [0.15, 0.2) is 0 Å². The molecule has 1 fully saturated rings. The van der Waals surface area contributed by atoms with Gasteiger partial charge in [-0.15, -0.1) is 0 Å². The van der Waals surface area contributed by atoms with E-state index >= 15 is 0 Å². The van der Waals surface area contributed by atoms with Gasteiger partial charge in [0.2, 0.25) is 10.0 Å². The van der Waals surface area contributed by atoms with Gasteiger partial charge >= 0.3 is 0 Å². The molecular weight excluding hydrogens is 388 g/mol. The smallest absolute Gasteiger partial charge is 0.253 e. The third-order valence-electron chi connectivity index (χ3n) is 5.04. The van der Waals surface area contributed by atoms with Crippen molar-refractivity contribution in [2.24, 2.45) is 0 Å². The molecule has 1 aliphatic heterocycles. The van der Waals surface area contributed by atoms with E-state index in [2.05, 4.69) is 9.82 Å². The minimum absolute atomic E-state index is 0.0404. The Balaban J connectivity index is 1.35. The molecule has 0 radical (unpaired) electrons. The summed E-state index contributed by atoms with van der Waals surface area (Å²) in [4.78, 5) is 14.8. The number of carbonyl (C=O) groups excluding carboxylic acids is 1. The molecule has 0 unspecified atom stereocenters. The van der Waals surface area contributed by atoms with Crippen LogP contribution in [0.15, 0.2) is 78.0 Å². The molecule has 2 heterocycles. The van der Waals surface area contributed by atoms with Crippen LogP contribution >= 0.6 is 0 Å². The molecule has 0 aliphatic carbocycles. The van der Waals surface area contributed by atoms with Gasteiger partial charge in [0, 0.05) is 37.1 Å². The molecule has 1 N–H and O–H groups in total. The highest BCUT2D eigenvalue weighted by molar-refractivity contribution is 7.89. The first-order valence-electron chi connectivity index (χ1n) is 9.50. The van der Waals surface area contributed by atoms with Gasteiger partial charge < -0.3 is 4.90 Å². The second kappa shape index (κ2) is 8.18. The zero-order valence-corrected chi connectivity index (χ0v) is 16.6. The van der Waals surface area contributed by atoms with Gasteiger partial charge in [0.1, 0.15) is 0 Å². The van der Waals surface area contributed by atoms with E-state index in [4.69, 9.17) is 0 Å². The molecular formula is C21H22N4O3S. The number of aromatic nitrogens is 2. The molecule has 3 aromatic rings. The summed E-state index contributed by atoms with van der Waals surface area (Å²) in [5.74, 6) is -0.0404. The molecule has 7 nitrogen and oxygen atoms in total. The average molecular weight is 410 g/mol. The number of piperidine rings is 1. The van der Waals surface area contributed by atoms with Gasteiger partial charge in [0.05, 0.1) is 10.6 Å². The monoisotopic (exact) mass is 410 g/mol. The highest BCUT2D eigenvalue weighted by Crippen LogP contribution is 2.18. The minimum Gasteiger partial charge on any atom is -0.339 e. The predicted octanol–water partition coefficient (Wildman–Crippen LogP) is 2.46. The molecule has 29 heavy (non-hydrogen) atoms. The summed E-state index contributed by atoms with van der Waals surface area (Å²) in [5, 5.41) is 4.18. The summed E-state index contributed by atoms with van der Waals surface area (Å²) < 4.78 is 29.4. The quantitative estimate of drug-likeness (QED) is 0.700. The molecule has 0 bridgehead atoms. The highest BCUT2D eigenvalue weighted by Gasteiger charge is 2.27. The summed E-state index contributed by atoms with van der Waals surface area (Å²) in [6.07, 6.45) is 4.72. The number of hydrogen-bond acceptors (Lipinski definition) is 4. The predicted molar refractivity (Wildman–Crippen MR) is 109 cm³/mol. The fraction of sp³-hybridized carbons (Fsp3) is 0.238. The van der Waals surface area contributed by atoms with Crippen LogP contribution < -0.4 is 4.72 Å². The van der Waals surface area contributed by atoms with Gasteiger partial charge in [-0.3, -0.25) is 4.79 Å². The maximum atomic E-state index is 12.8. The van der Waals surface area contributed by atoms with Crippen LogP contribution in [0.1, 0.15) is 23.2 Å². The van der Waals surface area contributed by atoms with E-state index in [1.54, 1.807) is 58.2 Å². The lowest BCUT2D eigenvalue weighted by Crippen LogP contribution is -2.46. The van der Waals surface area contributed by atoms with Crippen molar-refractivity contribution in [2.45, 2.75) is 23.8 Å². The molecule has 1 aromatic heterocycles. The van der Waals surface area contributed by atoms with E-state index in [0.29, 0.717) is 31.5 Å². The fourth-order valence-corrected chi connectivity index (χ4v) is 4.77. The second-order valence-electron chi connectivity index (χ2n) is 7.00. The first-order valence-corrected chi connectivity index (χ1v) is 11.0. The molecule has 4 rings (SSSR count). The molecule has 150 valence electrons. The van der Waals surface area contributed by atoms with E-state index in [9.17, 15) is 13.2 Å². The molecule has 0 saturated carbocycles. The van der Waals surface area contributed by atoms with Crippen molar-refractivity contribution in [3.05, 3.63) is 78.6 Å². The molecule has 1 aliphatic rings. The molecule has 1 saturated heterocycles. The molecule has 0 atom stereocenters. The third kappa shape index (κ3) is 4.38. The third-order valence-corrected chi connectivity index (χ3v) is 6.58. The lowest BCUT2D eigenvalue weighted by molar-refractivity contribution is 0.0711. The molecule has 1 amide bonds. The summed E-state index contributed by atoms with van der Waals surface area (Å²) >= 11 is 0. The Hall–Kier alpha value is -2.97. The Morgan fingerprint density at radius 1 is 0.966 bits per heavy atom. The van der Waals surface area contributed by atoms with Gasteiger partial charge in [-0.25, -0.2) is 17.8 Å². The highest BCUT2D eigenvalue weighted by atomic mass is 32.2. The maximum Gasteiger partial charge on any atom is 0.253 e. The number of rotatable bonds is 5. The zero-order chi connectivity index (χ0) is 20.3. The Bertz CT molecular complexity index is 1060. The lowest BCUT2D eigenvalue weighted by atomic mass is 10.0. The summed E-state index contributed by atoms with van der Waals surface area (Å²) in [6.45, 7) is 1.03. The minimum atomic E-state index is -3.54. The van der Waals surface area contributed by atoms with Crippen LogP contribution in [0.3, 0.4) is 0 Å². The summed E-state index contributed by atoms with van der Waals surface area (Å²) in [6, 6.07) is 17.3. The average Bonchev–Trinajstić information content (AvgIpc) is 3.29. The first-order chi connectivity index (χ1) is 14.0. The van der Waals surface area contributed by atoms with E-state index in [1.165, 1.54) is 0 Å². The Morgan fingerprint density at radius 3 is 2.28 bits per heavy atom. The number of carbonyl (C=O) groups is 1. The van der Waals surface area contributed by atoms with E-state index in [1.807, 2.05) is 24.4 Å². The van der Waals surface area contributed by atoms with Crippen LogP contribution in [-0.4, -0.2) is 48.1 Å². The van der Waals surface area contributed by atoms with E-state index in [0.717, 1.165) is 5.69 Å². The second-order valence-corrected chi connectivity index (χ2v) is 8.71. The van der Waals surface area contributed by atoms with Crippen LogP contribution in [0.4, 0.5) is 0 Å². The normalized spacial score (nSPS) is 15.4. The largest absolute Gasteiger partial charge is 0.339 e. The zero-order valence-electron chi connectivity index (χ0n) is 15.8. The van der Waals surface area contributed by atoms with Crippen molar-refractivity contribution in [3.63, 3.8) is 0 Å². The van der Waals surface area contributed by atoms with Crippen molar-refractivity contribution < 1.29 is 13.2 Å². The van der Waals surface area contributed by atoms with Crippen LogP contribution in [0, 0.1) is 0 Å². The first kappa shape index (κ1) is 19.4. The number of amides is 1. The van der Waals surface area contributed by atoms with Gasteiger partial charge in [-0.1, -0.05) is 18.2 Å². The molecule has 0 spiro atoms. The summed E-state index contributed by atoms with van der Waals surface area (Å²) in [7, 11) is -3.54. The number of hydrogen-bond donors (Lipinski definition) is 1. The van der Waals surface area contributed by atoms with E-state index < -0.39 is 10.0 Å². The number of benzene rings is 2. The van der Waals surface area contributed by atoms with E-state index in [-0.39, 0.29) is 16.8 Å². The Labute approximate surface area is 170 Å². The van der Waals surface area contributed by atoms with Crippen LogP contribution in [0.5, 0.6) is 0 Å². The number of sulfonamides is 1. The van der Waals surface area contributed by atoms with Crippen molar-refractivity contribution in [1.82, 2.24) is 19.4 Å². The van der Waals surface area contributed by atoms with Gasteiger partial charge in [-0.2, -0.15) is 5.10 Å². The number of nitrogens with one attached hydrogen (secondary N) is 1. The van der Waals surface area contributed by atoms with Crippen molar-refractivity contribution in [3.8, 4) is 5.69 Å². The van der Waals surface area contributed by atoms with Crippen LogP contribution in [0.25, 0.3) is 5.69 Å². The van der Waals surface area contributed by atoms with Crippen LogP contribution in [0.2, 0.25) is 0 Å². The Kier molecular flexibility index (Phi) is 5.46. The number of likely N-dealkylation sites (tertiary alicyclic amines) is 1. The molecule has 8 heteroatoms. The Morgan fingerprint density at radius 2 is 1.66 bits per heavy atom. The standard InChI is InChI=1S/C21H22N4O3S/c26-21(17-7-9-19(10-8-17)25-14-4-13-22-25)24-15-11-18(12-16-24)23-29(27,28)20-5-2-1-3-6-20/h1-10,13-14,18,23H,11-12,15-16H2. The lowest BCUT2D eigenvalue weighted by Gasteiger charge is -2.32.